The first-order valence-corrected chi connectivity index (χ1v) is 14.3. The predicted molar refractivity (Wildman–Crippen MR) is 126 cm³/mol. The summed E-state index contributed by atoms with van der Waals surface area (Å²) in [5.41, 5.74) is 0.695. The van der Waals surface area contributed by atoms with E-state index in [1.165, 1.54) is 49.2 Å². The smallest absolute Gasteiger partial charge is 0.748 e. The van der Waals surface area contributed by atoms with E-state index in [1.807, 2.05) is 0 Å². The van der Waals surface area contributed by atoms with Gasteiger partial charge in [0.15, 0.2) is 0 Å². The van der Waals surface area contributed by atoms with Gasteiger partial charge in [0.05, 0.1) is 31.8 Å². The maximum absolute atomic E-state index is 11.4. The molecule has 2 aromatic rings. The van der Waals surface area contributed by atoms with E-state index in [2.05, 4.69) is 11.9 Å². The van der Waals surface area contributed by atoms with Crippen LogP contribution in [0.2, 0.25) is 0 Å². The molecule has 0 aliphatic carbocycles. The van der Waals surface area contributed by atoms with Crippen molar-refractivity contribution in [1.82, 2.24) is 9.55 Å². The van der Waals surface area contributed by atoms with Crippen molar-refractivity contribution < 1.29 is 129 Å². The van der Waals surface area contributed by atoms with E-state index >= 15 is 0 Å². The van der Waals surface area contributed by atoms with Gasteiger partial charge < -0.3 is 13.7 Å². The molecule has 0 radical (unpaired) electrons. The van der Waals surface area contributed by atoms with Gasteiger partial charge in [0, 0.05) is 17.8 Å². The molecule has 8 nitrogen and oxygen atoms in total. The normalized spacial score (nSPS) is 11.7. The third-order valence-corrected chi connectivity index (χ3v) is 7.18. The molecule has 0 amide bonds. The Morgan fingerprint density at radius 1 is 0.971 bits per heavy atom. The van der Waals surface area contributed by atoms with Crippen LogP contribution in [0.1, 0.15) is 70.5 Å². The van der Waals surface area contributed by atoms with E-state index in [-0.39, 0.29) is 115 Å². The van der Waals surface area contributed by atoms with Crippen LogP contribution in [0.4, 0.5) is 0 Å². The van der Waals surface area contributed by atoms with Crippen LogP contribution in [-0.4, -0.2) is 46.1 Å². The number of fused-ring (bicyclic) bond motifs is 1. The molecule has 0 unspecified atom stereocenters. The van der Waals surface area contributed by atoms with Crippen molar-refractivity contribution in [2.24, 2.45) is 0 Å². The molecule has 0 saturated carbocycles. The molecule has 34 heavy (non-hydrogen) atoms. The monoisotopic (exact) mass is 580 g/mol. The van der Waals surface area contributed by atoms with E-state index in [4.69, 9.17) is 12.2 Å². The van der Waals surface area contributed by atoms with Crippen LogP contribution in [0.25, 0.3) is 11.0 Å². The Kier molecular flexibility index (Phi) is 18.4. The summed E-state index contributed by atoms with van der Waals surface area (Å²) in [6.45, 7) is 2.00. The van der Waals surface area contributed by atoms with E-state index in [9.17, 15) is 25.9 Å². The van der Waals surface area contributed by atoms with Gasteiger partial charge in [0.1, 0.15) is 15.9 Å². The van der Waals surface area contributed by atoms with E-state index < -0.39 is 30.9 Å². The molecular formula is C21H30K2N2O6S3. The van der Waals surface area contributed by atoms with E-state index in [1.54, 1.807) is 0 Å². The molecule has 13 heteroatoms. The summed E-state index contributed by atoms with van der Waals surface area (Å²) in [6.07, 6.45) is 10.5. The van der Waals surface area contributed by atoms with Crippen molar-refractivity contribution in [3.05, 3.63) is 24.0 Å². The topological polar surface area (TPSA) is 132 Å². The third-order valence-electron chi connectivity index (χ3n) is 5.32. The molecular weight excluding hydrogens is 551 g/mol. The van der Waals surface area contributed by atoms with Crippen molar-refractivity contribution in [3.63, 3.8) is 0 Å². The Morgan fingerprint density at radius 2 is 1.56 bits per heavy atom. The molecule has 0 bridgehead atoms. The molecule has 0 spiro atoms. The Balaban J connectivity index is 0.00000544. The number of rotatable bonds is 15. The van der Waals surface area contributed by atoms with Gasteiger partial charge in [0.25, 0.3) is 0 Å². The van der Waals surface area contributed by atoms with Crippen molar-refractivity contribution in [2.45, 2.75) is 82.6 Å². The zero-order valence-corrected chi connectivity index (χ0v) is 29.0. The zero-order chi connectivity index (χ0) is 23.8. The number of unbranched alkanes of at least 4 members (excludes halogenated alkanes) is 7. The van der Waals surface area contributed by atoms with Crippen molar-refractivity contribution in [3.8, 4) is 0 Å². The fourth-order valence-corrected chi connectivity index (χ4v) is 4.79. The van der Waals surface area contributed by atoms with E-state index in [0.717, 1.165) is 36.3 Å². The standard InChI is InChI=1S/C21H32N2O6S3.2K/c1-2-3-4-5-6-7-8-9-10-17(30)15-21-22-19-12-11-18(32(27,28)29)16-20(19)23(21)13-14-31(24,25)26;;/h11-12,16H,2-10,13-15H2,1H3,(H,24,25,26)(H,27,28,29);;/q;2*+1/p-2. The number of thiocarbonyl (C=S) groups is 1. The number of benzene rings is 1. The minimum absolute atomic E-state index is 0. The Morgan fingerprint density at radius 3 is 2.12 bits per heavy atom. The second-order valence-corrected chi connectivity index (χ2v) is 11.5. The molecule has 0 atom stereocenters. The maximum Gasteiger partial charge on any atom is 1.00 e. The van der Waals surface area contributed by atoms with Gasteiger partial charge in [0.2, 0.25) is 0 Å². The molecule has 180 valence electrons. The minimum atomic E-state index is -4.69. The number of aromatic nitrogens is 2. The SMILES string of the molecule is CCCCCCCCCCC(=S)Cc1nc2ccc(S(=O)(=O)[O-])cc2n1CCS(=O)(=O)[O-].[K+].[K+]. The minimum Gasteiger partial charge on any atom is -0.748 e. The van der Waals surface area contributed by atoms with Crippen LogP contribution < -0.4 is 103 Å². The summed E-state index contributed by atoms with van der Waals surface area (Å²) in [6, 6.07) is 3.72. The van der Waals surface area contributed by atoms with Crippen LogP contribution >= 0.6 is 12.2 Å². The van der Waals surface area contributed by atoms with Crippen molar-refractivity contribution in [1.29, 1.82) is 0 Å². The third kappa shape index (κ3) is 13.1. The van der Waals surface area contributed by atoms with Crippen LogP contribution in [0, 0.1) is 0 Å². The molecule has 1 aromatic carbocycles. The average Bonchev–Trinajstić information content (AvgIpc) is 3.03. The fraction of sp³-hybridized carbons (Fsp3) is 0.619. The molecule has 0 aliphatic heterocycles. The Labute approximate surface area is 293 Å². The number of hydrogen-bond acceptors (Lipinski definition) is 8. The van der Waals surface area contributed by atoms with Gasteiger partial charge in [-0.15, -0.1) is 0 Å². The number of nitrogens with zero attached hydrogens (tertiary/aromatic N) is 2. The van der Waals surface area contributed by atoms with Gasteiger partial charge in [-0.05, 0) is 31.0 Å². The summed E-state index contributed by atoms with van der Waals surface area (Å²) < 4.78 is 69.1. The Bertz CT molecular complexity index is 1130. The average molecular weight is 581 g/mol. The summed E-state index contributed by atoms with van der Waals surface area (Å²) in [4.78, 5) is 4.76. The number of imidazole rings is 1. The van der Waals surface area contributed by atoms with Gasteiger partial charge in [-0.2, -0.15) is 0 Å². The summed E-state index contributed by atoms with van der Waals surface area (Å²) in [5, 5.41) is 0. The summed E-state index contributed by atoms with van der Waals surface area (Å²) in [5.74, 6) is -0.224. The van der Waals surface area contributed by atoms with Crippen molar-refractivity contribution >= 4 is 48.4 Å². The number of hydrogen-bond donors (Lipinski definition) is 0. The number of aryl methyl sites for hydroxylation is 1. The molecule has 0 fully saturated rings. The first-order valence-electron chi connectivity index (χ1n) is 10.9. The van der Waals surface area contributed by atoms with Crippen LogP contribution in [0.3, 0.4) is 0 Å². The largest absolute Gasteiger partial charge is 1.00 e. The maximum atomic E-state index is 11.4. The molecule has 1 aromatic heterocycles. The van der Waals surface area contributed by atoms with Crippen molar-refractivity contribution in [2.75, 3.05) is 5.75 Å². The van der Waals surface area contributed by atoms with Crippen LogP contribution in [0.15, 0.2) is 23.1 Å². The van der Waals surface area contributed by atoms with E-state index in [0.29, 0.717) is 17.8 Å². The molecule has 2 rings (SSSR count). The zero-order valence-electron chi connectivity index (χ0n) is 20.3. The summed E-state index contributed by atoms with van der Waals surface area (Å²) in [7, 11) is -9.18. The fourth-order valence-electron chi connectivity index (χ4n) is 3.62. The summed E-state index contributed by atoms with van der Waals surface area (Å²) >= 11 is 5.50. The molecule has 0 N–H and O–H groups in total. The Hall–Kier alpha value is 1.87. The molecule has 0 saturated heterocycles. The molecule has 1 heterocycles. The quantitative estimate of drug-likeness (QED) is 0.102. The second-order valence-electron chi connectivity index (χ2n) is 7.99. The van der Waals surface area contributed by atoms with Gasteiger partial charge in [-0.1, -0.05) is 64.1 Å². The second kappa shape index (κ2) is 17.5. The van der Waals surface area contributed by atoms with Gasteiger partial charge in [-0.3, -0.25) is 0 Å². The van der Waals surface area contributed by atoms with Gasteiger partial charge in [-0.25, -0.2) is 21.8 Å². The first kappa shape index (κ1) is 35.9. The van der Waals surface area contributed by atoms with Gasteiger partial charge >= 0.3 is 103 Å². The van der Waals surface area contributed by atoms with Crippen LogP contribution in [0.5, 0.6) is 0 Å². The molecule has 0 aliphatic rings. The first-order chi connectivity index (χ1) is 15.0. The van der Waals surface area contributed by atoms with Crippen LogP contribution in [-0.2, 0) is 33.2 Å². The predicted octanol–water partition coefficient (Wildman–Crippen LogP) is -2.06.